The fourth-order valence-corrected chi connectivity index (χ4v) is 4.53. The molecule has 3 heteroatoms. The van der Waals surface area contributed by atoms with Crippen LogP contribution in [0.15, 0.2) is 73.1 Å². The second kappa shape index (κ2) is 6.68. The van der Waals surface area contributed by atoms with E-state index in [-0.39, 0.29) is 5.92 Å². The number of fused-ring (bicyclic) bond motifs is 2. The van der Waals surface area contributed by atoms with Gasteiger partial charge in [-0.2, -0.15) is 0 Å². The van der Waals surface area contributed by atoms with E-state index in [2.05, 4.69) is 89.5 Å². The number of H-pyrrole nitrogens is 2. The number of hydrogen-bond donors (Lipinski definition) is 2. The Morgan fingerprint density at radius 2 is 1.36 bits per heavy atom. The first-order valence-corrected chi connectivity index (χ1v) is 9.75. The SMILES string of the molecule is Cc1[nH]c2ccccc2c1C[C@@H](c1ccncc1)c1c(C)[nH]c2ccccc12. The molecule has 0 aliphatic carbocycles. The second-order valence-electron chi connectivity index (χ2n) is 7.52. The number of aromatic nitrogens is 3. The van der Waals surface area contributed by atoms with Gasteiger partial charge in [-0.15, -0.1) is 0 Å². The van der Waals surface area contributed by atoms with Crippen LogP contribution in [0.1, 0.15) is 34.0 Å². The van der Waals surface area contributed by atoms with E-state index in [0.717, 1.165) is 6.42 Å². The number of pyridine rings is 1. The molecule has 0 bridgehead atoms. The van der Waals surface area contributed by atoms with Gasteiger partial charge in [0.15, 0.2) is 0 Å². The van der Waals surface area contributed by atoms with Gasteiger partial charge in [0.25, 0.3) is 0 Å². The maximum absolute atomic E-state index is 4.24. The van der Waals surface area contributed by atoms with Crippen molar-refractivity contribution in [1.82, 2.24) is 15.0 Å². The molecule has 0 aliphatic rings. The van der Waals surface area contributed by atoms with Gasteiger partial charge in [-0.3, -0.25) is 4.98 Å². The molecular formula is C25H23N3. The Morgan fingerprint density at radius 3 is 2.11 bits per heavy atom. The summed E-state index contributed by atoms with van der Waals surface area (Å²) in [6.45, 7) is 4.37. The molecule has 138 valence electrons. The third-order valence-electron chi connectivity index (χ3n) is 5.84. The van der Waals surface area contributed by atoms with Gasteiger partial charge in [0.2, 0.25) is 0 Å². The van der Waals surface area contributed by atoms with Crippen LogP contribution in [-0.2, 0) is 6.42 Å². The Hall–Kier alpha value is -3.33. The molecule has 5 rings (SSSR count). The predicted octanol–water partition coefficient (Wildman–Crippen LogP) is 6.04. The molecule has 3 nitrogen and oxygen atoms in total. The summed E-state index contributed by atoms with van der Waals surface area (Å²) in [5.74, 6) is 0.261. The van der Waals surface area contributed by atoms with Gasteiger partial charge < -0.3 is 9.97 Å². The van der Waals surface area contributed by atoms with Crippen LogP contribution in [0.25, 0.3) is 21.8 Å². The molecular weight excluding hydrogens is 342 g/mol. The molecule has 0 aliphatic heterocycles. The van der Waals surface area contributed by atoms with E-state index in [1.165, 1.54) is 49.9 Å². The molecule has 2 aromatic carbocycles. The van der Waals surface area contributed by atoms with Crippen molar-refractivity contribution < 1.29 is 0 Å². The summed E-state index contributed by atoms with van der Waals surface area (Å²) in [5.41, 5.74) is 8.96. The van der Waals surface area contributed by atoms with Gasteiger partial charge in [0, 0.05) is 51.5 Å². The fraction of sp³-hybridized carbons (Fsp3) is 0.160. The lowest BCUT2D eigenvalue weighted by Gasteiger charge is -2.19. The van der Waals surface area contributed by atoms with E-state index in [4.69, 9.17) is 0 Å². The zero-order chi connectivity index (χ0) is 19.1. The summed E-state index contributed by atoms with van der Waals surface area (Å²) in [6, 6.07) is 21.5. The lowest BCUT2D eigenvalue weighted by atomic mass is 9.84. The van der Waals surface area contributed by atoms with Crippen molar-refractivity contribution in [2.24, 2.45) is 0 Å². The minimum Gasteiger partial charge on any atom is -0.358 e. The third-order valence-corrected chi connectivity index (χ3v) is 5.84. The van der Waals surface area contributed by atoms with Crippen molar-refractivity contribution in [2.75, 3.05) is 0 Å². The number of para-hydroxylation sites is 2. The molecule has 5 aromatic rings. The number of benzene rings is 2. The maximum Gasteiger partial charge on any atom is 0.0459 e. The van der Waals surface area contributed by atoms with Gasteiger partial charge in [-0.05, 0) is 61.2 Å². The monoisotopic (exact) mass is 365 g/mol. The highest BCUT2D eigenvalue weighted by atomic mass is 14.7. The van der Waals surface area contributed by atoms with Crippen molar-refractivity contribution in [3.8, 4) is 0 Å². The number of nitrogens with zero attached hydrogens (tertiary/aromatic N) is 1. The third kappa shape index (κ3) is 2.71. The fourth-order valence-electron chi connectivity index (χ4n) is 4.53. The van der Waals surface area contributed by atoms with Crippen LogP contribution in [-0.4, -0.2) is 15.0 Å². The van der Waals surface area contributed by atoms with E-state index in [1.54, 1.807) is 0 Å². The van der Waals surface area contributed by atoms with E-state index in [9.17, 15) is 0 Å². The van der Waals surface area contributed by atoms with Crippen molar-refractivity contribution in [1.29, 1.82) is 0 Å². The Balaban J connectivity index is 1.71. The molecule has 3 heterocycles. The molecule has 0 saturated heterocycles. The van der Waals surface area contributed by atoms with Crippen molar-refractivity contribution in [3.05, 3.63) is 101 Å². The maximum atomic E-state index is 4.24. The summed E-state index contributed by atoms with van der Waals surface area (Å²) in [5, 5.41) is 2.62. The standard InChI is InChI=1S/C25H23N3/c1-16-21(19-7-3-5-9-23(19)27-16)15-22(18-11-13-26-14-12-18)25-17(2)28-24-10-6-4-8-20(24)25/h3-14,22,27-28H,15H2,1-2H3/t22-/m0/s1. The Bertz CT molecular complexity index is 1260. The molecule has 0 spiro atoms. The number of aromatic amines is 2. The van der Waals surface area contributed by atoms with Gasteiger partial charge in [-0.25, -0.2) is 0 Å². The molecule has 0 radical (unpaired) electrons. The van der Waals surface area contributed by atoms with Crippen LogP contribution in [0.3, 0.4) is 0 Å². The smallest absolute Gasteiger partial charge is 0.0459 e. The van der Waals surface area contributed by atoms with Crippen LogP contribution in [0.2, 0.25) is 0 Å². The van der Waals surface area contributed by atoms with Crippen molar-refractivity contribution in [3.63, 3.8) is 0 Å². The van der Waals surface area contributed by atoms with E-state index in [0.29, 0.717) is 0 Å². The zero-order valence-corrected chi connectivity index (χ0v) is 16.2. The van der Waals surface area contributed by atoms with Gasteiger partial charge in [0.1, 0.15) is 0 Å². The first-order valence-electron chi connectivity index (χ1n) is 9.75. The number of nitrogens with one attached hydrogen (secondary N) is 2. The predicted molar refractivity (Wildman–Crippen MR) is 116 cm³/mol. The molecule has 28 heavy (non-hydrogen) atoms. The van der Waals surface area contributed by atoms with Gasteiger partial charge in [-0.1, -0.05) is 36.4 Å². The van der Waals surface area contributed by atoms with Gasteiger partial charge >= 0.3 is 0 Å². The first-order chi connectivity index (χ1) is 13.7. The normalized spacial score (nSPS) is 12.6. The van der Waals surface area contributed by atoms with E-state index < -0.39 is 0 Å². The molecule has 1 atom stereocenters. The molecule has 0 fully saturated rings. The summed E-state index contributed by atoms with van der Waals surface area (Å²) >= 11 is 0. The van der Waals surface area contributed by atoms with Crippen LogP contribution < -0.4 is 0 Å². The quantitative estimate of drug-likeness (QED) is 0.401. The number of hydrogen-bond acceptors (Lipinski definition) is 1. The molecule has 2 N–H and O–H groups in total. The zero-order valence-electron chi connectivity index (χ0n) is 16.2. The average molecular weight is 365 g/mol. The molecule has 0 amide bonds. The largest absolute Gasteiger partial charge is 0.358 e. The summed E-state index contributed by atoms with van der Waals surface area (Å²) in [4.78, 5) is 11.4. The molecule has 0 saturated carbocycles. The Labute approximate surface area is 164 Å². The van der Waals surface area contributed by atoms with Crippen molar-refractivity contribution >= 4 is 21.8 Å². The lowest BCUT2D eigenvalue weighted by molar-refractivity contribution is 0.801. The minimum absolute atomic E-state index is 0.261. The Kier molecular flexibility index (Phi) is 4.01. The van der Waals surface area contributed by atoms with Gasteiger partial charge in [0.05, 0.1) is 0 Å². The highest BCUT2D eigenvalue weighted by Crippen LogP contribution is 2.37. The molecule has 0 unspecified atom stereocenters. The first kappa shape index (κ1) is 16.8. The molecule has 3 aromatic heterocycles. The summed E-state index contributed by atoms with van der Waals surface area (Å²) in [6.07, 6.45) is 4.74. The van der Waals surface area contributed by atoms with E-state index >= 15 is 0 Å². The summed E-state index contributed by atoms with van der Waals surface area (Å²) < 4.78 is 0. The Morgan fingerprint density at radius 1 is 0.750 bits per heavy atom. The highest BCUT2D eigenvalue weighted by Gasteiger charge is 2.23. The minimum atomic E-state index is 0.261. The van der Waals surface area contributed by atoms with Crippen LogP contribution in [0.4, 0.5) is 0 Å². The van der Waals surface area contributed by atoms with Crippen molar-refractivity contribution in [2.45, 2.75) is 26.2 Å². The second-order valence-corrected chi connectivity index (χ2v) is 7.52. The number of rotatable bonds is 4. The van der Waals surface area contributed by atoms with E-state index in [1.807, 2.05) is 12.4 Å². The lowest BCUT2D eigenvalue weighted by Crippen LogP contribution is -2.07. The number of aryl methyl sites for hydroxylation is 2. The topological polar surface area (TPSA) is 44.5 Å². The van der Waals surface area contributed by atoms with Crippen LogP contribution in [0, 0.1) is 13.8 Å². The average Bonchev–Trinajstić information content (AvgIpc) is 3.22. The highest BCUT2D eigenvalue weighted by molar-refractivity contribution is 5.87. The summed E-state index contributed by atoms with van der Waals surface area (Å²) in [7, 11) is 0. The van der Waals surface area contributed by atoms with Crippen LogP contribution >= 0.6 is 0 Å². The van der Waals surface area contributed by atoms with Crippen LogP contribution in [0.5, 0.6) is 0 Å².